The highest BCUT2D eigenvalue weighted by atomic mass is 35.5. The van der Waals surface area contributed by atoms with Crippen molar-refractivity contribution < 1.29 is 4.74 Å². The van der Waals surface area contributed by atoms with Crippen LogP contribution in [0.15, 0.2) is 65.9 Å². The molecule has 1 aliphatic heterocycles. The fraction of sp³-hybridized carbons (Fsp3) is 0.304. The van der Waals surface area contributed by atoms with E-state index in [0.717, 1.165) is 48.2 Å². The number of nitrogens with zero attached hydrogens (tertiary/aromatic N) is 4. The van der Waals surface area contributed by atoms with E-state index in [1.807, 2.05) is 47.3 Å². The normalized spacial score (nSPS) is 16.4. The van der Waals surface area contributed by atoms with Crippen molar-refractivity contribution in [2.75, 3.05) is 32.1 Å². The number of rotatable bonds is 6. The Hall–Kier alpha value is -3.19. The third kappa shape index (κ3) is 5.11. The second-order valence-corrected chi connectivity index (χ2v) is 7.87. The molecule has 1 aliphatic rings. The maximum Gasteiger partial charge on any atom is 0.191 e. The number of ether oxygens (including phenoxy) is 1. The molecule has 0 radical (unpaired) electrons. The van der Waals surface area contributed by atoms with Gasteiger partial charge in [-0.3, -0.25) is 4.99 Å². The Balaban J connectivity index is 1.34. The molecule has 0 aliphatic carbocycles. The maximum absolute atomic E-state index is 6.21. The molecule has 162 valence electrons. The Morgan fingerprint density at radius 2 is 2.16 bits per heavy atom. The van der Waals surface area contributed by atoms with E-state index in [1.54, 1.807) is 20.4 Å². The van der Waals surface area contributed by atoms with E-state index < -0.39 is 0 Å². The van der Waals surface area contributed by atoms with Crippen LogP contribution in [0.5, 0.6) is 5.75 Å². The van der Waals surface area contributed by atoms with E-state index in [0.29, 0.717) is 11.6 Å². The summed E-state index contributed by atoms with van der Waals surface area (Å²) in [7, 11) is 3.48. The van der Waals surface area contributed by atoms with Crippen molar-refractivity contribution >= 4 is 23.2 Å². The first kappa shape index (κ1) is 21.1. The quantitative estimate of drug-likeness (QED) is 0.455. The number of hydrogen-bond acceptors (Lipinski definition) is 4. The van der Waals surface area contributed by atoms with E-state index in [4.69, 9.17) is 16.3 Å². The molecule has 1 aromatic heterocycles. The number of guanidine groups is 1. The lowest BCUT2D eigenvalue weighted by Gasteiger charge is -2.22. The molecule has 31 heavy (non-hydrogen) atoms. The standard InChI is InChI=1S/C23H27ClN6O/c1-25-23(26-15-17-5-3-6-20(13-17)30-11-4-10-27-30)28-19-9-12-29(16-19)21-14-18(24)7-8-22(21)31-2/h3-8,10-11,13-14,19H,9,12,15-16H2,1-2H3,(H2,25,26,28). The molecule has 0 spiro atoms. The minimum Gasteiger partial charge on any atom is -0.495 e. The topological polar surface area (TPSA) is 66.7 Å². The van der Waals surface area contributed by atoms with Gasteiger partial charge in [0.1, 0.15) is 5.75 Å². The first-order valence-corrected chi connectivity index (χ1v) is 10.7. The van der Waals surface area contributed by atoms with Crippen LogP contribution in [0.3, 0.4) is 0 Å². The molecule has 0 saturated carbocycles. The molecule has 0 amide bonds. The van der Waals surface area contributed by atoms with Crippen LogP contribution in [0.25, 0.3) is 5.69 Å². The summed E-state index contributed by atoms with van der Waals surface area (Å²) >= 11 is 6.21. The third-order valence-corrected chi connectivity index (χ3v) is 5.61. The molecule has 2 aromatic carbocycles. The molecule has 2 N–H and O–H groups in total. The zero-order chi connectivity index (χ0) is 21.6. The molecule has 8 heteroatoms. The van der Waals surface area contributed by atoms with Crippen LogP contribution in [0.1, 0.15) is 12.0 Å². The summed E-state index contributed by atoms with van der Waals surface area (Å²) in [4.78, 5) is 6.69. The number of halogens is 1. The highest BCUT2D eigenvalue weighted by molar-refractivity contribution is 6.30. The predicted octanol–water partition coefficient (Wildman–Crippen LogP) is 3.48. The molecular formula is C23H27ClN6O. The monoisotopic (exact) mass is 438 g/mol. The summed E-state index contributed by atoms with van der Waals surface area (Å²) in [5.41, 5.74) is 3.22. The molecule has 1 unspecified atom stereocenters. The Labute approximate surface area is 187 Å². The van der Waals surface area contributed by atoms with Crippen molar-refractivity contribution in [3.8, 4) is 11.4 Å². The van der Waals surface area contributed by atoms with Crippen molar-refractivity contribution in [3.05, 3.63) is 71.5 Å². The van der Waals surface area contributed by atoms with Crippen LogP contribution in [0, 0.1) is 0 Å². The Morgan fingerprint density at radius 3 is 2.94 bits per heavy atom. The minimum atomic E-state index is 0.283. The van der Waals surface area contributed by atoms with Crippen LogP contribution >= 0.6 is 11.6 Å². The second-order valence-electron chi connectivity index (χ2n) is 7.44. The van der Waals surface area contributed by atoms with Gasteiger partial charge in [0.15, 0.2) is 5.96 Å². The molecule has 4 rings (SSSR count). The van der Waals surface area contributed by atoms with Gasteiger partial charge < -0.3 is 20.3 Å². The first-order chi connectivity index (χ1) is 15.2. The fourth-order valence-electron chi connectivity index (χ4n) is 3.81. The van der Waals surface area contributed by atoms with Gasteiger partial charge >= 0.3 is 0 Å². The molecule has 0 bridgehead atoms. The summed E-state index contributed by atoms with van der Waals surface area (Å²) in [5.74, 6) is 1.62. The number of aliphatic imine (C=N–C) groups is 1. The largest absolute Gasteiger partial charge is 0.495 e. The minimum absolute atomic E-state index is 0.283. The van der Waals surface area contributed by atoms with Gasteiger partial charge in [0.2, 0.25) is 0 Å². The van der Waals surface area contributed by atoms with Gasteiger partial charge in [-0.15, -0.1) is 0 Å². The van der Waals surface area contributed by atoms with Gasteiger partial charge in [-0.1, -0.05) is 23.7 Å². The second kappa shape index (κ2) is 9.75. The summed E-state index contributed by atoms with van der Waals surface area (Å²) in [5, 5.41) is 12.0. The van der Waals surface area contributed by atoms with Gasteiger partial charge in [-0.05, 0) is 48.4 Å². The van der Waals surface area contributed by atoms with Crippen LogP contribution < -0.4 is 20.3 Å². The molecule has 2 heterocycles. The maximum atomic E-state index is 6.21. The average Bonchev–Trinajstić information content (AvgIpc) is 3.49. The molecule has 1 atom stereocenters. The lowest BCUT2D eigenvalue weighted by atomic mass is 10.2. The molecule has 1 fully saturated rings. The van der Waals surface area contributed by atoms with Crippen molar-refractivity contribution in [1.82, 2.24) is 20.4 Å². The lowest BCUT2D eigenvalue weighted by molar-refractivity contribution is 0.415. The summed E-state index contributed by atoms with van der Waals surface area (Å²) in [6.45, 7) is 2.46. The van der Waals surface area contributed by atoms with Crippen molar-refractivity contribution in [2.45, 2.75) is 19.0 Å². The molecular weight excluding hydrogens is 412 g/mol. The van der Waals surface area contributed by atoms with E-state index in [2.05, 4.69) is 37.8 Å². The summed E-state index contributed by atoms with van der Waals surface area (Å²) in [6, 6.07) is 16.2. The van der Waals surface area contributed by atoms with Gasteiger partial charge in [-0.2, -0.15) is 5.10 Å². The summed E-state index contributed by atoms with van der Waals surface area (Å²) < 4.78 is 7.37. The van der Waals surface area contributed by atoms with Gasteiger partial charge in [-0.25, -0.2) is 4.68 Å². The molecule has 7 nitrogen and oxygen atoms in total. The van der Waals surface area contributed by atoms with Crippen LogP contribution in [0.4, 0.5) is 5.69 Å². The third-order valence-electron chi connectivity index (χ3n) is 5.37. The average molecular weight is 439 g/mol. The Bertz CT molecular complexity index is 1040. The number of benzene rings is 2. The number of methoxy groups -OCH3 is 1. The highest BCUT2D eigenvalue weighted by Gasteiger charge is 2.25. The first-order valence-electron chi connectivity index (χ1n) is 10.3. The van der Waals surface area contributed by atoms with Crippen LogP contribution in [-0.4, -0.2) is 49.0 Å². The number of anilines is 1. The Kier molecular flexibility index (Phi) is 6.62. The molecule has 1 saturated heterocycles. The van der Waals surface area contributed by atoms with Gasteiger partial charge in [0.05, 0.1) is 18.5 Å². The van der Waals surface area contributed by atoms with E-state index >= 15 is 0 Å². The summed E-state index contributed by atoms with van der Waals surface area (Å²) in [6.07, 6.45) is 4.72. The number of aromatic nitrogens is 2. The lowest BCUT2D eigenvalue weighted by Crippen LogP contribution is -2.44. The van der Waals surface area contributed by atoms with E-state index in [1.165, 1.54) is 0 Å². The van der Waals surface area contributed by atoms with Crippen LogP contribution in [0.2, 0.25) is 5.02 Å². The van der Waals surface area contributed by atoms with Crippen molar-refractivity contribution in [3.63, 3.8) is 0 Å². The van der Waals surface area contributed by atoms with Crippen molar-refractivity contribution in [2.24, 2.45) is 4.99 Å². The van der Waals surface area contributed by atoms with Crippen molar-refractivity contribution in [1.29, 1.82) is 0 Å². The zero-order valence-electron chi connectivity index (χ0n) is 17.8. The fourth-order valence-corrected chi connectivity index (χ4v) is 3.98. The van der Waals surface area contributed by atoms with Gasteiger partial charge in [0.25, 0.3) is 0 Å². The van der Waals surface area contributed by atoms with Crippen LogP contribution in [-0.2, 0) is 6.54 Å². The van der Waals surface area contributed by atoms with E-state index in [-0.39, 0.29) is 6.04 Å². The predicted molar refractivity (Wildman–Crippen MR) is 126 cm³/mol. The Morgan fingerprint density at radius 1 is 1.26 bits per heavy atom. The number of hydrogen-bond donors (Lipinski definition) is 2. The SMILES string of the molecule is CN=C(NCc1cccc(-n2cccn2)c1)NC1CCN(c2cc(Cl)ccc2OC)C1. The molecule has 3 aromatic rings. The van der Waals surface area contributed by atoms with E-state index in [9.17, 15) is 0 Å². The zero-order valence-corrected chi connectivity index (χ0v) is 18.5. The number of nitrogens with one attached hydrogen (secondary N) is 2. The highest BCUT2D eigenvalue weighted by Crippen LogP contribution is 2.33. The van der Waals surface area contributed by atoms with Gasteiger partial charge in [0, 0.05) is 50.1 Å². The smallest absolute Gasteiger partial charge is 0.191 e.